The van der Waals surface area contributed by atoms with E-state index < -0.39 is 23.6 Å². The Balaban J connectivity index is 3.10. The fraction of sp³-hybridized carbons (Fsp3) is 0.125. The molecule has 1 rings (SSSR count). The molecule has 1 aromatic rings. The molecule has 0 fully saturated rings. The summed E-state index contributed by atoms with van der Waals surface area (Å²) in [6, 6.07) is 1.43. The van der Waals surface area contributed by atoms with E-state index >= 15 is 0 Å². The maximum Gasteiger partial charge on any atom is 0.221 e. The molecule has 0 spiro atoms. The third kappa shape index (κ3) is 2.02. The Bertz CT molecular complexity index is 354. The predicted molar refractivity (Wildman–Crippen MR) is 39.3 cm³/mol. The van der Waals surface area contributed by atoms with Gasteiger partial charge in [0.25, 0.3) is 0 Å². The van der Waals surface area contributed by atoms with Crippen molar-refractivity contribution in [3.8, 4) is 0 Å². The van der Waals surface area contributed by atoms with Crippen LogP contribution in [0.5, 0.6) is 0 Å². The molecular weight excluding hydrogens is 164 g/mol. The van der Waals surface area contributed by atoms with Gasteiger partial charge in [0.2, 0.25) is 5.91 Å². The lowest BCUT2D eigenvalue weighted by Crippen LogP contribution is -2.13. The van der Waals surface area contributed by atoms with E-state index in [1.165, 1.54) is 6.07 Å². The molecule has 4 heteroatoms. The van der Waals surface area contributed by atoms with Crippen molar-refractivity contribution in [1.29, 1.82) is 0 Å². The normalized spacial score (nSPS) is 11.0. The second-order valence-corrected chi connectivity index (χ2v) is 2.29. The fourth-order valence-electron chi connectivity index (χ4n) is 0.780. The molecule has 0 aromatic heterocycles. The molecule has 0 aliphatic heterocycles. The molecule has 0 unspecified atom stereocenters. The Kier molecular flexibility index (Phi) is 1.98. The molecular formula is C8H7F2NO. The first kappa shape index (κ1) is 7.21. The zero-order valence-electron chi connectivity index (χ0n) is 7.10. The number of carbonyl (C=O) groups excluding carboxylic acids is 1. The summed E-state index contributed by atoms with van der Waals surface area (Å²) in [6.45, 7) is 0. The van der Waals surface area contributed by atoms with Gasteiger partial charge >= 0.3 is 0 Å². The van der Waals surface area contributed by atoms with Gasteiger partial charge in [0.15, 0.2) is 11.6 Å². The van der Waals surface area contributed by atoms with Crippen LogP contribution in [-0.4, -0.2) is 5.91 Å². The highest BCUT2D eigenvalue weighted by Crippen LogP contribution is 2.08. The van der Waals surface area contributed by atoms with Crippen molar-refractivity contribution in [3.63, 3.8) is 0 Å². The van der Waals surface area contributed by atoms with E-state index in [-0.39, 0.29) is 12.0 Å². The summed E-state index contributed by atoms with van der Waals surface area (Å²) in [6.07, 6.45) is -0.254. The zero-order valence-corrected chi connectivity index (χ0v) is 6.10. The van der Waals surface area contributed by atoms with Crippen LogP contribution in [0.1, 0.15) is 6.93 Å². The minimum Gasteiger partial charge on any atom is -0.369 e. The summed E-state index contributed by atoms with van der Waals surface area (Å²) in [5.41, 5.74) is 4.93. The average molecular weight is 172 g/mol. The van der Waals surface area contributed by atoms with Gasteiger partial charge < -0.3 is 5.73 Å². The Morgan fingerprint density at radius 3 is 2.75 bits per heavy atom. The lowest BCUT2D eigenvalue weighted by Gasteiger charge is -1.97. The van der Waals surface area contributed by atoms with E-state index in [4.69, 9.17) is 7.10 Å². The van der Waals surface area contributed by atoms with Gasteiger partial charge in [-0.25, -0.2) is 8.78 Å². The van der Waals surface area contributed by atoms with Gasteiger partial charge in [0.05, 0.1) is 7.79 Å². The van der Waals surface area contributed by atoms with Crippen molar-refractivity contribution >= 4 is 5.91 Å². The molecule has 1 aromatic carbocycles. The van der Waals surface area contributed by atoms with E-state index in [1.807, 2.05) is 0 Å². The predicted octanol–water partition coefficient (Wildman–Crippen LogP) is 0.993. The average Bonchev–Trinajstić information content (AvgIpc) is 2.06. The summed E-state index contributed by atoms with van der Waals surface area (Å²) < 4.78 is 32.3. The van der Waals surface area contributed by atoms with Gasteiger partial charge in [0.1, 0.15) is 0 Å². The summed E-state index contributed by atoms with van der Waals surface area (Å²) in [7, 11) is 0. The fourth-order valence-corrected chi connectivity index (χ4v) is 0.780. The van der Waals surface area contributed by atoms with Gasteiger partial charge in [0, 0.05) is 0 Å². The second kappa shape index (κ2) is 3.30. The number of nitrogens with two attached hydrogens (primary N) is 1. The highest BCUT2D eigenvalue weighted by Gasteiger charge is 2.03. The van der Waals surface area contributed by atoms with E-state index in [9.17, 15) is 13.6 Å². The quantitative estimate of drug-likeness (QED) is 0.710. The van der Waals surface area contributed by atoms with Crippen LogP contribution in [0.15, 0.2) is 18.2 Å². The summed E-state index contributed by atoms with van der Waals surface area (Å²) in [5.74, 6) is -3.03. The molecule has 2 N–H and O–H groups in total. The molecule has 0 radical (unpaired) electrons. The SMILES string of the molecule is [2H]c1c(CC(N)=O)ccc(F)c1F. The number of rotatable bonds is 2. The maximum absolute atomic E-state index is 12.7. The van der Waals surface area contributed by atoms with E-state index in [1.54, 1.807) is 0 Å². The van der Waals surface area contributed by atoms with E-state index in [2.05, 4.69) is 0 Å². The molecule has 0 aliphatic carbocycles. The largest absolute Gasteiger partial charge is 0.369 e. The Morgan fingerprint density at radius 2 is 2.17 bits per heavy atom. The van der Waals surface area contributed by atoms with Crippen LogP contribution in [0, 0.1) is 11.6 Å². The second-order valence-electron chi connectivity index (χ2n) is 2.29. The van der Waals surface area contributed by atoms with Crippen molar-refractivity contribution < 1.29 is 14.9 Å². The molecule has 0 saturated carbocycles. The molecule has 1 amide bonds. The third-order valence-corrected chi connectivity index (χ3v) is 1.28. The molecule has 2 nitrogen and oxygen atoms in total. The number of hydrogen-bond acceptors (Lipinski definition) is 1. The Labute approximate surface area is 69.4 Å². The van der Waals surface area contributed by atoms with Crippen molar-refractivity contribution in [2.45, 2.75) is 6.42 Å². The van der Waals surface area contributed by atoms with Crippen LogP contribution in [0.2, 0.25) is 0 Å². The molecule has 64 valence electrons. The van der Waals surface area contributed by atoms with E-state index in [0.29, 0.717) is 0 Å². The minimum atomic E-state index is -1.25. The Hall–Kier alpha value is -1.45. The molecule has 0 saturated heterocycles. The minimum absolute atomic E-state index is 0.0893. The topological polar surface area (TPSA) is 43.1 Å². The van der Waals surface area contributed by atoms with Crippen LogP contribution in [-0.2, 0) is 11.2 Å². The number of halogens is 2. The lowest BCUT2D eigenvalue weighted by atomic mass is 10.1. The molecule has 0 heterocycles. The number of primary amides is 1. The van der Waals surface area contributed by atoms with Crippen LogP contribution in [0.4, 0.5) is 8.78 Å². The van der Waals surface area contributed by atoms with Crippen molar-refractivity contribution in [3.05, 3.63) is 35.4 Å². The highest BCUT2D eigenvalue weighted by molar-refractivity contribution is 5.76. The van der Waals surface area contributed by atoms with E-state index in [0.717, 1.165) is 6.07 Å². The monoisotopic (exact) mass is 172 g/mol. The molecule has 0 aliphatic rings. The lowest BCUT2D eigenvalue weighted by molar-refractivity contribution is -0.117. The number of hydrogen-bond donors (Lipinski definition) is 1. The smallest absolute Gasteiger partial charge is 0.221 e. The number of carbonyl (C=O) groups is 1. The molecule has 12 heavy (non-hydrogen) atoms. The van der Waals surface area contributed by atoms with Crippen molar-refractivity contribution in [2.24, 2.45) is 5.73 Å². The van der Waals surface area contributed by atoms with Crippen molar-refractivity contribution in [2.75, 3.05) is 0 Å². The van der Waals surface area contributed by atoms with Crippen LogP contribution in [0.25, 0.3) is 0 Å². The summed E-state index contributed by atoms with van der Waals surface area (Å²) in [4.78, 5) is 10.4. The first-order valence-electron chi connectivity index (χ1n) is 3.74. The maximum atomic E-state index is 12.7. The van der Waals surface area contributed by atoms with Crippen LogP contribution >= 0.6 is 0 Å². The first-order chi connectivity index (χ1) is 6.02. The Morgan fingerprint density at radius 1 is 1.50 bits per heavy atom. The van der Waals surface area contributed by atoms with Crippen molar-refractivity contribution in [1.82, 2.24) is 0 Å². The molecule has 0 atom stereocenters. The first-order valence-corrected chi connectivity index (χ1v) is 3.24. The summed E-state index contributed by atoms with van der Waals surface area (Å²) >= 11 is 0. The highest BCUT2D eigenvalue weighted by atomic mass is 19.2. The van der Waals surface area contributed by atoms with Gasteiger partial charge in [-0.2, -0.15) is 0 Å². The van der Waals surface area contributed by atoms with Gasteiger partial charge in [-0.05, 0) is 17.7 Å². The standard InChI is InChI=1S/C8H7F2NO/c9-6-2-1-5(3-7(6)10)4-8(11)12/h1-3H,4H2,(H2,11,12)/i3D. The van der Waals surface area contributed by atoms with Gasteiger partial charge in [-0.15, -0.1) is 0 Å². The summed E-state index contributed by atoms with van der Waals surface area (Å²) in [5, 5.41) is 0. The van der Waals surface area contributed by atoms with Crippen LogP contribution in [0.3, 0.4) is 0 Å². The molecule has 0 bridgehead atoms. The van der Waals surface area contributed by atoms with Gasteiger partial charge in [-0.3, -0.25) is 4.79 Å². The zero-order chi connectivity index (χ0) is 10.0. The van der Waals surface area contributed by atoms with Crippen LogP contribution < -0.4 is 5.73 Å². The van der Waals surface area contributed by atoms with Gasteiger partial charge in [-0.1, -0.05) is 6.07 Å². The third-order valence-electron chi connectivity index (χ3n) is 1.28. The number of amides is 1. The number of benzene rings is 1.